The van der Waals surface area contributed by atoms with Crippen molar-refractivity contribution in [3.63, 3.8) is 0 Å². The van der Waals surface area contributed by atoms with Gasteiger partial charge < -0.3 is 14.8 Å². The van der Waals surface area contributed by atoms with Gasteiger partial charge in [0.2, 0.25) is 6.79 Å². The Balaban J connectivity index is 1.78. The van der Waals surface area contributed by atoms with E-state index in [1.165, 1.54) is 0 Å². The molecule has 0 aromatic heterocycles. The van der Waals surface area contributed by atoms with Crippen molar-refractivity contribution >= 4 is 10.8 Å². The fourth-order valence-electron chi connectivity index (χ4n) is 1.61. The van der Waals surface area contributed by atoms with Crippen LogP contribution in [0.2, 0.25) is 0 Å². The molecular formula is C12H17NO3S. The van der Waals surface area contributed by atoms with E-state index in [1.54, 1.807) is 0 Å². The molecule has 0 spiro atoms. The van der Waals surface area contributed by atoms with E-state index in [0.717, 1.165) is 35.9 Å². The fourth-order valence-corrected chi connectivity index (χ4v) is 2.27. The van der Waals surface area contributed by atoms with Crippen LogP contribution in [0.25, 0.3) is 0 Å². The number of benzene rings is 1. The third kappa shape index (κ3) is 3.44. The van der Waals surface area contributed by atoms with Crippen LogP contribution in [0, 0.1) is 0 Å². The van der Waals surface area contributed by atoms with Crippen LogP contribution in [-0.2, 0) is 17.3 Å². The molecule has 0 aliphatic carbocycles. The van der Waals surface area contributed by atoms with Crippen LogP contribution in [0.3, 0.4) is 0 Å². The first-order valence-corrected chi connectivity index (χ1v) is 7.22. The summed E-state index contributed by atoms with van der Waals surface area (Å²) in [6.07, 6.45) is 0. The second-order valence-corrected chi connectivity index (χ2v) is 5.66. The summed E-state index contributed by atoms with van der Waals surface area (Å²) in [4.78, 5) is 0. The van der Waals surface area contributed by atoms with Gasteiger partial charge in [-0.2, -0.15) is 0 Å². The van der Waals surface area contributed by atoms with Gasteiger partial charge in [0.1, 0.15) is 0 Å². The Hall–Kier alpha value is -1.07. The molecule has 94 valence electrons. The molecule has 2 rings (SSSR count). The van der Waals surface area contributed by atoms with Gasteiger partial charge in [-0.25, -0.2) is 0 Å². The average Bonchev–Trinajstić information content (AvgIpc) is 2.81. The van der Waals surface area contributed by atoms with Crippen molar-refractivity contribution in [2.45, 2.75) is 13.5 Å². The molecule has 0 bridgehead atoms. The number of rotatable bonds is 6. The monoisotopic (exact) mass is 255 g/mol. The Morgan fingerprint density at radius 3 is 3.00 bits per heavy atom. The molecule has 5 heteroatoms. The average molecular weight is 255 g/mol. The van der Waals surface area contributed by atoms with Crippen LogP contribution < -0.4 is 14.8 Å². The van der Waals surface area contributed by atoms with Gasteiger partial charge in [0.25, 0.3) is 0 Å². The van der Waals surface area contributed by atoms with E-state index < -0.39 is 10.8 Å². The Bertz CT molecular complexity index is 409. The van der Waals surface area contributed by atoms with Gasteiger partial charge in [-0.3, -0.25) is 4.21 Å². The third-order valence-corrected chi connectivity index (χ3v) is 3.90. The lowest BCUT2D eigenvalue weighted by Crippen LogP contribution is -2.20. The van der Waals surface area contributed by atoms with E-state index in [9.17, 15) is 4.21 Å². The first-order chi connectivity index (χ1) is 8.29. The first-order valence-electron chi connectivity index (χ1n) is 5.74. The summed E-state index contributed by atoms with van der Waals surface area (Å²) < 4.78 is 21.8. The predicted octanol–water partition coefficient (Wildman–Crippen LogP) is 1.27. The second-order valence-electron chi connectivity index (χ2n) is 3.80. The molecule has 1 unspecified atom stereocenters. The zero-order valence-corrected chi connectivity index (χ0v) is 10.7. The van der Waals surface area contributed by atoms with E-state index in [-0.39, 0.29) is 0 Å². The summed E-state index contributed by atoms with van der Waals surface area (Å²) in [5.41, 5.74) is 1.15. The lowest BCUT2D eigenvalue weighted by Gasteiger charge is -2.05. The maximum absolute atomic E-state index is 11.2. The Morgan fingerprint density at radius 2 is 2.18 bits per heavy atom. The highest BCUT2D eigenvalue weighted by molar-refractivity contribution is 7.84. The summed E-state index contributed by atoms with van der Waals surface area (Å²) in [6.45, 7) is 3.78. The van der Waals surface area contributed by atoms with E-state index >= 15 is 0 Å². The highest BCUT2D eigenvalue weighted by Gasteiger charge is 2.12. The van der Waals surface area contributed by atoms with Gasteiger partial charge >= 0.3 is 0 Å². The van der Waals surface area contributed by atoms with Crippen LogP contribution in [-0.4, -0.2) is 29.1 Å². The van der Waals surface area contributed by atoms with E-state index in [2.05, 4.69) is 5.32 Å². The van der Waals surface area contributed by atoms with Crippen LogP contribution >= 0.6 is 0 Å². The minimum atomic E-state index is -0.692. The van der Waals surface area contributed by atoms with Crippen molar-refractivity contribution in [1.29, 1.82) is 0 Å². The lowest BCUT2D eigenvalue weighted by molar-refractivity contribution is 0.174. The third-order valence-electron chi connectivity index (χ3n) is 2.59. The molecule has 1 aromatic rings. The van der Waals surface area contributed by atoms with E-state index in [4.69, 9.17) is 9.47 Å². The van der Waals surface area contributed by atoms with Gasteiger partial charge in [0.15, 0.2) is 11.5 Å². The molecule has 0 saturated carbocycles. The fraction of sp³-hybridized carbons (Fsp3) is 0.500. The molecule has 1 N–H and O–H groups in total. The van der Waals surface area contributed by atoms with E-state index in [0.29, 0.717) is 12.5 Å². The number of hydrogen-bond acceptors (Lipinski definition) is 4. The summed E-state index contributed by atoms with van der Waals surface area (Å²) in [7, 11) is -0.692. The zero-order chi connectivity index (χ0) is 12.1. The van der Waals surface area contributed by atoms with Crippen molar-refractivity contribution in [2.75, 3.05) is 24.8 Å². The van der Waals surface area contributed by atoms with Crippen molar-refractivity contribution in [3.05, 3.63) is 23.8 Å². The number of hydrogen-bond donors (Lipinski definition) is 1. The Morgan fingerprint density at radius 1 is 1.35 bits per heavy atom. The molecule has 0 radical (unpaired) electrons. The lowest BCUT2D eigenvalue weighted by atomic mass is 10.2. The van der Waals surface area contributed by atoms with Crippen LogP contribution in [0.4, 0.5) is 0 Å². The predicted molar refractivity (Wildman–Crippen MR) is 67.8 cm³/mol. The number of nitrogens with one attached hydrogen (secondary N) is 1. The van der Waals surface area contributed by atoms with Crippen LogP contribution in [0.5, 0.6) is 11.5 Å². The van der Waals surface area contributed by atoms with Crippen molar-refractivity contribution in [1.82, 2.24) is 5.32 Å². The van der Waals surface area contributed by atoms with Gasteiger partial charge in [-0.15, -0.1) is 0 Å². The second kappa shape index (κ2) is 6.02. The molecule has 0 fully saturated rings. The molecule has 1 aliphatic heterocycles. The highest BCUT2D eigenvalue weighted by Crippen LogP contribution is 2.32. The highest BCUT2D eigenvalue weighted by atomic mass is 32.2. The van der Waals surface area contributed by atoms with Gasteiger partial charge in [-0.05, 0) is 17.7 Å². The van der Waals surface area contributed by atoms with Gasteiger partial charge in [0, 0.05) is 35.4 Å². The van der Waals surface area contributed by atoms with Gasteiger partial charge in [0.05, 0.1) is 0 Å². The number of fused-ring (bicyclic) bond motifs is 1. The SMILES string of the molecule is CCS(=O)CCNCc1ccc2c(c1)OCO2. The Kier molecular flexibility index (Phi) is 4.39. The van der Waals surface area contributed by atoms with Crippen molar-refractivity contribution < 1.29 is 13.7 Å². The largest absolute Gasteiger partial charge is 0.454 e. The quantitative estimate of drug-likeness (QED) is 0.778. The molecule has 0 amide bonds. The topological polar surface area (TPSA) is 47.6 Å². The smallest absolute Gasteiger partial charge is 0.231 e. The molecule has 1 heterocycles. The van der Waals surface area contributed by atoms with Crippen LogP contribution in [0.15, 0.2) is 18.2 Å². The van der Waals surface area contributed by atoms with E-state index in [1.807, 2.05) is 25.1 Å². The summed E-state index contributed by atoms with van der Waals surface area (Å²) in [5, 5.41) is 3.27. The normalized spacial score (nSPS) is 14.9. The standard InChI is InChI=1S/C12H17NO3S/c1-2-17(14)6-5-13-8-10-3-4-11-12(7-10)16-9-15-11/h3-4,7,13H,2,5-6,8-9H2,1H3. The molecule has 1 atom stereocenters. The maximum Gasteiger partial charge on any atom is 0.231 e. The minimum absolute atomic E-state index is 0.307. The molecule has 17 heavy (non-hydrogen) atoms. The summed E-state index contributed by atoms with van der Waals surface area (Å²) in [5.74, 6) is 3.05. The van der Waals surface area contributed by atoms with Gasteiger partial charge in [-0.1, -0.05) is 13.0 Å². The zero-order valence-electron chi connectivity index (χ0n) is 9.90. The first kappa shape index (κ1) is 12.4. The summed E-state index contributed by atoms with van der Waals surface area (Å²) >= 11 is 0. The number of ether oxygens (including phenoxy) is 2. The Labute approximate surface area is 104 Å². The molecular weight excluding hydrogens is 238 g/mol. The molecule has 4 nitrogen and oxygen atoms in total. The maximum atomic E-state index is 11.2. The molecule has 1 aliphatic rings. The summed E-state index contributed by atoms with van der Waals surface area (Å²) in [6, 6.07) is 5.91. The van der Waals surface area contributed by atoms with Crippen molar-refractivity contribution in [2.24, 2.45) is 0 Å². The molecule has 0 saturated heterocycles. The van der Waals surface area contributed by atoms with Crippen LogP contribution in [0.1, 0.15) is 12.5 Å². The molecule has 1 aromatic carbocycles. The minimum Gasteiger partial charge on any atom is -0.454 e. The van der Waals surface area contributed by atoms with Crippen molar-refractivity contribution in [3.8, 4) is 11.5 Å².